The van der Waals surface area contributed by atoms with Gasteiger partial charge in [0, 0.05) is 32.6 Å². The van der Waals surface area contributed by atoms with Gasteiger partial charge in [-0.3, -0.25) is 4.79 Å². The van der Waals surface area contributed by atoms with E-state index < -0.39 is 5.60 Å². The number of hydrogen-bond donors (Lipinski definition) is 0. The van der Waals surface area contributed by atoms with Crippen LogP contribution in [0.1, 0.15) is 39.2 Å². The lowest BCUT2D eigenvalue weighted by molar-refractivity contribution is -0.133. The summed E-state index contributed by atoms with van der Waals surface area (Å²) >= 11 is 0. The number of aryl methyl sites for hydroxylation is 1. The molecule has 2 amide bonds. The lowest BCUT2D eigenvalue weighted by atomic mass is 10.1. The van der Waals surface area contributed by atoms with Gasteiger partial charge >= 0.3 is 6.09 Å². The molecule has 0 radical (unpaired) electrons. The Morgan fingerprint density at radius 1 is 1.00 bits per heavy atom. The van der Waals surface area contributed by atoms with E-state index in [1.165, 1.54) is 0 Å². The van der Waals surface area contributed by atoms with Crippen LogP contribution in [-0.2, 0) is 16.0 Å². The second-order valence-electron chi connectivity index (χ2n) is 8.18. The van der Waals surface area contributed by atoms with Gasteiger partial charge in [-0.05, 0) is 51.3 Å². The molecule has 7 heteroatoms. The highest BCUT2D eigenvalue weighted by Crippen LogP contribution is 2.31. The van der Waals surface area contributed by atoms with Crippen LogP contribution in [0.5, 0.6) is 11.5 Å². The van der Waals surface area contributed by atoms with Gasteiger partial charge in [0.25, 0.3) is 0 Å². The Labute approximate surface area is 166 Å². The number of hydrogen-bond acceptors (Lipinski definition) is 5. The summed E-state index contributed by atoms with van der Waals surface area (Å²) in [6, 6.07) is 5.96. The minimum Gasteiger partial charge on any atom is -0.486 e. The van der Waals surface area contributed by atoms with Gasteiger partial charge in [0.2, 0.25) is 5.91 Å². The summed E-state index contributed by atoms with van der Waals surface area (Å²) in [6.45, 7) is 8.87. The predicted octanol–water partition coefficient (Wildman–Crippen LogP) is 2.86. The maximum atomic E-state index is 12.5. The summed E-state index contributed by atoms with van der Waals surface area (Å²) < 4.78 is 16.5. The topological polar surface area (TPSA) is 68.3 Å². The van der Waals surface area contributed by atoms with E-state index in [2.05, 4.69) is 0 Å². The molecule has 0 spiro atoms. The molecule has 1 fully saturated rings. The Kier molecular flexibility index (Phi) is 6.31. The first-order valence-electron chi connectivity index (χ1n) is 9.96. The van der Waals surface area contributed by atoms with Crippen molar-refractivity contribution in [1.82, 2.24) is 9.80 Å². The number of fused-ring (bicyclic) bond motifs is 1. The molecule has 0 saturated carbocycles. The molecule has 1 aromatic carbocycles. The van der Waals surface area contributed by atoms with Gasteiger partial charge < -0.3 is 24.0 Å². The lowest BCUT2D eigenvalue weighted by Crippen LogP contribution is -2.51. The molecule has 0 aliphatic carbocycles. The van der Waals surface area contributed by atoms with E-state index in [-0.39, 0.29) is 12.0 Å². The Hall–Kier alpha value is -2.44. The summed E-state index contributed by atoms with van der Waals surface area (Å²) in [5.74, 6) is 1.71. The Morgan fingerprint density at radius 2 is 1.64 bits per heavy atom. The summed E-state index contributed by atoms with van der Waals surface area (Å²) in [7, 11) is 0. The van der Waals surface area contributed by atoms with Crippen molar-refractivity contribution in [2.24, 2.45) is 0 Å². The highest BCUT2D eigenvalue weighted by molar-refractivity contribution is 5.76. The molecule has 0 N–H and O–H groups in total. The molecule has 28 heavy (non-hydrogen) atoms. The molecule has 7 nitrogen and oxygen atoms in total. The molecule has 154 valence electrons. The Bertz CT molecular complexity index is 705. The smallest absolute Gasteiger partial charge is 0.410 e. The first kappa shape index (κ1) is 20.3. The van der Waals surface area contributed by atoms with E-state index in [9.17, 15) is 9.59 Å². The van der Waals surface area contributed by atoms with Crippen molar-refractivity contribution < 1.29 is 23.8 Å². The highest BCUT2D eigenvalue weighted by atomic mass is 16.6. The zero-order valence-electron chi connectivity index (χ0n) is 17.0. The molecule has 1 saturated heterocycles. The highest BCUT2D eigenvalue weighted by Gasteiger charge is 2.27. The van der Waals surface area contributed by atoms with Crippen LogP contribution in [0.25, 0.3) is 0 Å². The molecule has 0 atom stereocenters. The summed E-state index contributed by atoms with van der Waals surface area (Å²) in [4.78, 5) is 28.1. The fourth-order valence-corrected chi connectivity index (χ4v) is 3.31. The number of ether oxygens (including phenoxy) is 3. The fraction of sp³-hybridized carbons (Fsp3) is 0.619. The van der Waals surface area contributed by atoms with Gasteiger partial charge in [-0.15, -0.1) is 0 Å². The van der Waals surface area contributed by atoms with E-state index >= 15 is 0 Å². The Balaban J connectivity index is 1.40. The monoisotopic (exact) mass is 390 g/mol. The first-order chi connectivity index (χ1) is 13.3. The van der Waals surface area contributed by atoms with Crippen molar-refractivity contribution in [2.45, 2.75) is 45.6 Å². The fourth-order valence-electron chi connectivity index (χ4n) is 3.31. The molecule has 0 unspecified atom stereocenters. The minimum atomic E-state index is -0.502. The third-order valence-electron chi connectivity index (χ3n) is 4.75. The summed E-state index contributed by atoms with van der Waals surface area (Å²) in [6.07, 6.45) is 1.80. The maximum absolute atomic E-state index is 12.5. The third kappa shape index (κ3) is 5.53. The number of piperazine rings is 1. The van der Waals surface area contributed by atoms with Gasteiger partial charge in [-0.1, -0.05) is 6.07 Å². The van der Waals surface area contributed by atoms with Crippen LogP contribution in [-0.4, -0.2) is 66.8 Å². The van der Waals surface area contributed by atoms with Crippen molar-refractivity contribution >= 4 is 12.0 Å². The van der Waals surface area contributed by atoms with E-state index in [0.717, 1.165) is 29.9 Å². The van der Waals surface area contributed by atoms with E-state index in [1.807, 2.05) is 43.9 Å². The summed E-state index contributed by atoms with van der Waals surface area (Å²) in [5, 5.41) is 0. The molecule has 2 heterocycles. The normalized spacial score (nSPS) is 16.7. The predicted molar refractivity (Wildman–Crippen MR) is 105 cm³/mol. The molecule has 0 aromatic heterocycles. The van der Waals surface area contributed by atoms with Crippen LogP contribution in [0, 0.1) is 0 Å². The van der Waals surface area contributed by atoms with Gasteiger partial charge in [-0.25, -0.2) is 4.79 Å². The minimum absolute atomic E-state index is 0.140. The van der Waals surface area contributed by atoms with Gasteiger partial charge in [-0.2, -0.15) is 0 Å². The van der Waals surface area contributed by atoms with Crippen LogP contribution in [0.2, 0.25) is 0 Å². The van der Waals surface area contributed by atoms with E-state index in [4.69, 9.17) is 14.2 Å². The molecule has 0 bridgehead atoms. The van der Waals surface area contributed by atoms with Crippen molar-refractivity contribution in [2.75, 3.05) is 39.4 Å². The lowest BCUT2D eigenvalue weighted by Gasteiger charge is -2.35. The molecule has 2 aliphatic rings. The van der Waals surface area contributed by atoms with E-state index in [1.54, 1.807) is 4.90 Å². The molecular weight excluding hydrogens is 360 g/mol. The Morgan fingerprint density at radius 3 is 2.32 bits per heavy atom. The van der Waals surface area contributed by atoms with Crippen molar-refractivity contribution in [3.8, 4) is 11.5 Å². The number of rotatable bonds is 4. The average molecular weight is 390 g/mol. The standard InChI is InChI=1S/C21H30N2O5/c1-21(2,3)28-20(25)23-11-9-22(10-12-23)19(24)6-4-5-16-7-8-17-18(15-16)27-14-13-26-17/h7-8,15H,4-6,9-14H2,1-3H3. The molecule has 2 aliphatic heterocycles. The zero-order valence-corrected chi connectivity index (χ0v) is 17.0. The number of benzene rings is 1. The van der Waals surface area contributed by atoms with Crippen LogP contribution in [0.15, 0.2) is 18.2 Å². The SMILES string of the molecule is CC(C)(C)OC(=O)N1CCN(C(=O)CCCc2ccc3c(c2)OCCO3)CC1. The summed E-state index contributed by atoms with van der Waals surface area (Å²) in [5.41, 5.74) is 0.643. The second-order valence-corrected chi connectivity index (χ2v) is 8.18. The maximum Gasteiger partial charge on any atom is 0.410 e. The number of amides is 2. The number of carbonyl (C=O) groups excluding carboxylic acids is 2. The molecular formula is C21H30N2O5. The van der Waals surface area contributed by atoms with Crippen molar-refractivity contribution in [1.29, 1.82) is 0 Å². The van der Waals surface area contributed by atoms with Crippen LogP contribution in [0.3, 0.4) is 0 Å². The van der Waals surface area contributed by atoms with Crippen LogP contribution < -0.4 is 9.47 Å². The van der Waals surface area contributed by atoms with Crippen LogP contribution >= 0.6 is 0 Å². The van der Waals surface area contributed by atoms with Crippen LogP contribution in [0.4, 0.5) is 4.79 Å². The number of nitrogens with zero attached hydrogens (tertiary/aromatic N) is 2. The molecule has 1 aromatic rings. The molecule has 3 rings (SSSR count). The first-order valence-corrected chi connectivity index (χ1v) is 9.96. The third-order valence-corrected chi connectivity index (χ3v) is 4.75. The zero-order chi connectivity index (χ0) is 20.1. The van der Waals surface area contributed by atoms with Gasteiger partial charge in [0.1, 0.15) is 18.8 Å². The second kappa shape index (κ2) is 8.71. The quantitative estimate of drug-likeness (QED) is 0.791. The van der Waals surface area contributed by atoms with Crippen molar-refractivity contribution in [3.05, 3.63) is 23.8 Å². The largest absolute Gasteiger partial charge is 0.486 e. The van der Waals surface area contributed by atoms with E-state index in [0.29, 0.717) is 45.8 Å². The number of carbonyl (C=O) groups is 2. The van der Waals surface area contributed by atoms with Gasteiger partial charge in [0.15, 0.2) is 11.5 Å². The van der Waals surface area contributed by atoms with Crippen molar-refractivity contribution in [3.63, 3.8) is 0 Å². The average Bonchev–Trinajstić information content (AvgIpc) is 2.66. The van der Waals surface area contributed by atoms with Gasteiger partial charge in [0.05, 0.1) is 0 Å².